The lowest BCUT2D eigenvalue weighted by Crippen LogP contribution is -2.61. The van der Waals surface area contributed by atoms with Crippen molar-refractivity contribution in [2.75, 3.05) is 13.2 Å². The van der Waals surface area contributed by atoms with Gasteiger partial charge in [-0.25, -0.2) is 4.79 Å². The monoisotopic (exact) mass is 1170 g/mol. The van der Waals surface area contributed by atoms with E-state index in [1.165, 1.54) is 173 Å². The number of aliphatic hydroxyl groups excluding tert-OH is 2. The summed E-state index contributed by atoms with van der Waals surface area (Å²) in [4.78, 5) is 51.4. The zero-order valence-electron chi connectivity index (χ0n) is 53.7. The summed E-state index contributed by atoms with van der Waals surface area (Å²) in [7, 11) is 0. The van der Waals surface area contributed by atoms with Crippen molar-refractivity contribution in [2.24, 2.45) is 0 Å². The number of rotatable bonds is 61. The highest BCUT2D eigenvalue weighted by atomic mass is 16.7. The summed E-state index contributed by atoms with van der Waals surface area (Å²) in [5.74, 6) is -3.10. The molecule has 1 rings (SSSR count). The van der Waals surface area contributed by atoms with Crippen molar-refractivity contribution in [2.45, 2.75) is 379 Å². The first kappa shape index (κ1) is 78.0. The van der Waals surface area contributed by atoms with Crippen molar-refractivity contribution in [1.82, 2.24) is 0 Å². The largest absolute Gasteiger partial charge is 0.479 e. The molecule has 0 aromatic carbocycles. The number of aliphatic hydroxyl groups is 2. The summed E-state index contributed by atoms with van der Waals surface area (Å²) >= 11 is 0. The Balaban J connectivity index is 2.63. The van der Waals surface area contributed by atoms with E-state index in [1.807, 2.05) is 0 Å². The summed E-state index contributed by atoms with van der Waals surface area (Å²) in [6.45, 7) is 6.03. The van der Waals surface area contributed by atoms with E-state index in [0.29, 0.717) is 19.3 Å². The molecule has 1 saturated heterocycles. The van der Waals surface area contributed by atoms with Crippen molar-refractivity contribution in [3.8, 4) is 0 Å². The number of aliphatic carboxylic acids is 1. The number of carboxylic acid groups (broad SMARTS) is 1. The Morgan fingerprint density at radius 1 is 0.398 bits per heavy atom. The van der Waals surface area contributed by atoms with E-state index >= 15 is 0 Å². The molecule has 0 spiro atoms. The third-order valence-electron chi connectivity index (χ3n) is 16.2. The number of carboxylic acids is 1. The van der Waals surface area contributed by atoms with Crippen LogP contribution in [0, 0.1) is 0 Å². The normalized spacial score (nSPS) is 17.7. The topological polar surface area (TPSA) is 175 Å². The van der Waals surface area contributed by atoms with Crippen LogP contribution in [0.15, 0.2) is 36.5 Å². The van der Waals surface area contributed by atoms with Crippen LogP contribution in [-0.4, -0.2) is 89.2 Å². The van der Waals surface area contributed by atoms with Crippen LogP contribution in [0.5, 0.6) is 0 Å². The molecule has 0 bridgehead atoms. The Bertz CT molecular complexity index is 1580. The number of hydrogen-bond acceptors (Lipinski definition) is 11. The van der Waals surface area contributed by atoms with E-state index in [2.05, 4.69) is 57.2 Å². The lowest BCUT2D eigenvalue weighted by atomic mass is 9.98. The predicted molar refractivity (Wildman–Crippen MR) is 340 cm³/mol. The summed E-state index contributed by atoms with van der Waals surface area (Å²) in [6, 6.07) is 0. The molecule has 0 saturated carbocycles. The van der Waals surface area contributed by atoms with Crippen molar-refractivity contribution in [3.05, 3.63) is 36.5 Å². The molecular weight excluding hydrogens is 1040 g/mol. The number of esters is 3. The molecule has 1 aliphatic heterocycles. The van der Waals surface area contributed by atoms with E-state index in [0.717, 1.165) is 109 Å². The fourth-order valence-electron chi connectivity index (χ4n) is 10.8. The Morgan fingerprint density at radius 3 is 1.12 bits per heavy atom. The van der Waals surface area contributed by atoms with Gasteiger partial charge in [0.05, 0.1) is 6.61 Å². The molecule has 3 N–H and O–H groups in total. The standard InChI is InChI=1S/C71H128O12/c1-4-7-10-13-16-19-22-25-28-31-32-35-36-39-42-45-48-51-54-57-63(72)79-60-62(81-64(73)58-55-52-49-46-43-40-37-33-29-26-23-20-17-14-11-8-5-2)61-80-71-69(67(76)66(75)68(83-71)70(77)78)82-65(74)59-56-53-50-47-44-41-38-34-30-27-24-21-18-15-12-9-6-3/h18,21,26-27,29-30,62,66-69,71,75-76H,4-17,19-20,22-25,28,31-61H2,1-3H3,(H,77,78)/b21-18-,29-26-,30-27-. The SMILES string of the molecule is CCCCC/C=C\C/C=C\CCCCCCCCCC(=O)OC1C(OCC(COC(=O)CCCCCCCCCCCCCCCCCCCCC)OC(=O)CCCCCCCCC/C=C\CCCCCCCC)OC(C(=O)O)C(O)C1O. The highest BCUT2D eigenvalue weighted by Gasteiger charge is 2.50. The molecule has 83 heavy (non-hydrogen) atoms. The maximum Gasteiger partial charge on any atom is 0.335 e. The number of carbonyl (C=O) groups is 4. The Morgan fingerprint density at radius 2 is 0.723 bits per heavy atom. The van der Waals surface area contributed by atoms with Gasteiger partial charge in [0, 0.05) is 19.3 Å². The number of unbranched alkanes of at least 4 members (excludes halogenated alkanes) is 41. The van der Waals surface area contributed by atoms with Gasteiger partial charge in [-0.05, 0) is 77.0 Å². The smallest absolute Gasteiger partial charge is 0.335 e. The minimum atomic E-state index is -1.90. The van der Waals surface area contributed by atoms with Crippen LogP contribution >= 0.6 is 0 Å². The number of hydrogen-bond donors (Lipinski definition) is 3. The van der Waals surface area contributed by atoms with Crippen molar-refractivity contribution >= 4 is 23.9 Å². The highest BCUT2D eigenvalue weighted by molar-refractivity contribution is 5.74. The zero-order chi connectivity index (χ0) is 60.3. The molecular formula is C71H128O12. The molecule has 1 aliphatic rings. The van der Waals surface area contributed by atoms with Gasteiger partial charge in [0.1, 0.15) is 18.8 Å². The molecule has 6 atom stereocenters. The van der Waals surface area contributed by atoms with Crippen LogP contribution < -0.4 is 0 Å². The Kier molecular flexibility index (Phi) is 55.7. The molecule has 6 unspecified atom stereocenters. The zero-order valence-corrected chi connectivity index (χ0v) is 53.7. The van der Waals surface area contributed by atoms with E-state index in [-0.39, 0.29) is 25.9 Å². The van der Waals surface area contributed by atoms with Gasteiger partial charge in [-0.1, -0.05) is 282 Å². The van der Waals surface area contributed by atoms with E-state index in [1.54, 1.807) is 0 Å². The van der Waals surface area contributed by atoms with Crippen LogP contribution in [0.4, 0.5) is 0 Å². The molecule has 1 fully saturated rings. The third-order valence-corrected chi connectivity index (χ3v) is 16.2. The second-order valence-electron chi connectivity index (χ2n) is 24.2. The van der Waals surface area contributed by atoms with Gasteiger partial charge in [0.25, 0.3) is 0 Å². The fourth-order valence-corrected chi connectivity index (χ4v) is 10.8. The van der Waals surface area contributed by atoms with Crippen LogP contribution in [-0.2, 0) is 42.9 Å². The summed E-state index contributed by atoms with van der Waals surface area (Å²) in [5.41, 5.74) is 0. The molecule has 0 amide bonds. The Hall–Kier alpha value is -3.06. The molecule has 12 nitrogen and oxygen atoms in total. The molecule has 0 radical (unpaired) electrons. The molecule has 12 heteroatoms. The van der Waals surface area contributed by atoms with Gasteiger partial charge in [0.15, 0.2) is 24.6 Å². The van der Waals surface area contributed by atoms with Crippen molar-refractivity contribution < 1.29 is 58.2 Å². The number of ether oxygens (including phenoxy) is 5. The van der Waals surface area contributed by atoms with Crippen molar-refractivity contribution in [3.63, 3.8) is 0 Å². The van der Waals surface area contributed by atoms with Gasteiger partial charge in [0.2, 0.25) is 0 Å². The second kappa shape index (κ2) is 59.3. The molecule has 1 heterocycles. The second-order valence-corrected chi connectivity index (χ2v) is 24.2. The maximum absolute atomic E-state index is 13.2. The molecule has 0 aromatic heterocycles. The fraction of sp³-hybridized carbons (Fsp3) is 0.859. The lowest BCUT2D eigenvalue weighted by Gasteiger charge is -2.40. The highest BCUT2D eigenvalue weighted by Crippen LogP contribution is 2.27. The van der Waals surface area contributed by atoms with Crippen LogP contribution in [0.3, 0.4) is 0 Å². The van der Waals surface area contributed by atoms with Crippen LogP contribution in [0.1, 0.15) is 342 Å². The summed E-state index contributed by atoms with van der Waals surface area (Å²) in [5, 5.41) is 31.6. The first-order valence-corrected chi connectivity index (χ1v) is 35.0. The van der Waals surface area contributed by atoms with Crippen molar-refractivity contribution in [1.29, 1.82) is 0 Å². The minimum Gasteiger partial charge on any atom is -0.479 e. The summed E-state index contributed by atoms with van der Waals surface area (Å²) in [6.07, 6.45) is 59.5. The lowest BCUT2D eigenvalue weighted by molar-refractivity contribution is -0.301. The van der Waals surface area contributed by atoms with Gasteiger partial charge in [-0.15, -0.1) is 0 Å². The van der Waals surface area contributed by atoms with Gasteiger partial charge >= 0.3 is 23.9 Å². The number of carbonyl (C=O) groups excluding carboxylic acids is 3. The quantitative estimate of drug-likeness (QED) is 0.0228. The van der Waals surface area contributed by atoms with Gasteiger partial charge < -0.3 is 39.0 Å². The first-order chi connectivity index (χ1) is 40.6. The Labute approximate surface area is 508 Å². The van der Waals surface area contributed by atoms with E-state index in [9.17, 15) is 34.5 Å². The van der Waals surface area contributed by atoms with Gasteiger partial charge in [-0.3, -0.25) is 14.4 Å². The minimum absolute atomic E-state index is 0.0545. The number of allylic oxidation sites excluding steroid dienone is 6. The van der Waals surface area contributed by atoms with Crippen LogP contribution in [0.2, 0.25) is 0 Å². The van der Waals surface area contributed by atoms with Crippen LogP contribution in [0.25, 0.3) is 0 Å². The third kappa shape index (κ3) is 48.7. The first-order valence-electron chi connectivity index (χ1n) is 35.0. The molecule has 484 valence electrons. The van der Waals surface area contributed by atoms with E-state index < -0.39 is 67.3 Å². The summed E-state index contributed by atoms with van der Waals surface area (Å²) < 4.78 is 28.6. The predicted octanol–water partition coefficient (Wildman–Crippen LogP) is 19.1. The average molecular weight is 1170 g/mol. The van der Waals surface area contributed by atoms with Gasteiger partial charge in [-0.2, -0.15) is 0 Å². The van der Waals surface area contributed by atoms with E-state index in [4.69, 9.17) is 23.7 Å². The maximum atomic E-state index is 13.2. The molecule has 0 aliphatic carbocycles. The molecule has 0 aromatic rings. The average Bonchev–Trinajstić information content (AvgIpc) is 3.55.